The van der Waals surface area contributed by atoms with Crippen LogP contribution < -0.4 is 5.32 Å². The first-order valence-electron chi connectivity index (χ1n) is 5.51. The maximum absolute atomic E-state index is 13.4. The highest BCUT2D eigenvalue weighted by Gasteiger charge is 2.07. The van der Waals surface area contributed by atoms with Gasteiger partial charge in [0.15, 0.2) is 11.6 Å². The third kappa shape index (κ3) is 2.64. The van der Waals surface area contributed by atoms with E-state index in [0.29, 0.717) is 11.3 Å². The quantitative estimate of drug-likeness (QED) is 0.868. The fourth-order valence-electron chi connectivity index (χ4n) is 1.70. The summed E-state index contributed by atoms with van der Waals surface area (Å²) in [5.41, 5.74) is 1.64. The Kier molecular flexibility index (Phi) is 3.55. The first kappa shape index (κ1) is 12.5. The fraction of sp³-hybridized carbons (Fsp3) is 0.143. The van der Waals surface area contributed by atoms with Crippen LogP contribution in [-0.4, -0.2) is 0 Å². The van der Waals surface area contributed by atoms with Crippen molar-refractivity contribution in [2.75, 3.05) is 5.32 Å². The van der Waals surface area contributed by atoms with Crippen LogP contribution in [0.1, 0.15) is 11.1 Å². The van der Waals surface area contributed by atoms with E-state index < -0.39 is 11.6 Å². The monoisotopic (exact) mass is 251 g/mol. The zero-order valence-corrected chi connectivity index (χ0v) is 9.81. The molecule has 0 aliphatic rings. The Morgan fingerprint density at radius 2 is 1.83 bits per heavy atom. The van der Waals surface area contributed by atoms with Crippen LogP contribution in [0.15, 0.2) is 36.4 Å². The molecule has 4 heteroatoms. The summed E-state index contributed by atoms with van der Waals surface area (Å²) in [5, 5.41) is 2.95. The molecule has 0 aromatic heterocycles. The first-order chi connectivity index (χ1) is 8.58. The van der Waals surface area contributed by atoms with E-state index in [2.05, 4.69) is 5.32 Å². The van der Waals surface area contributed by atoms with E-state index in [0.717, 1.165) is 6.07 Å². The topological polar surface area (TPSA) is 12.0 Å². The first-order valence-corrected chi connectivity index (χ1v) is 5.51. The molecule has 0 bridgehead atoms. The molecule has 0 fully saturated rings. The van der Waals surface area contributed by atoms with E-state index in [9.17, 15) is 13.2 Å². The Balaban J connectivity index is 2.14. The molecule has 0 heterocycles. The van der Waals surface area contributed by atoms with Crippen LogP contribution in [0, 0.1) is 24.4 Å². The normalized spacial score (nSPS) is 10.4. The molecule has 0 saturated carbocycles. The molecule has 2 aromatic rings. The fourth-order valence-corrected chi connectivity index (χ4v) is 1.70. The standard InChI is InChI=1S/C14H12F3N/c1-9-7-11(15)5-6-13(9)18-8-10-3-2-4-12(16)14(10)17/h2-7,18H,8H2,1H3. The Morgan fingerprint density at radius 3 is 2.56 bits per heavy atom. The van der Waals surface area contributed by atoms with Gasteiger partial charge in [0, 0.05) is 17.8 Å². The van der Waals surface area contributed by atoms with Gasteiger partial charge in [-0.2, -0.15) is 0 Å². The number of benzene rings is 2. The lowest BCUT2D eigenvalue weighted by atomic mass is 10.1. The van der Waals surface area contributed by atoms with Crippen LogP contribution in [0.2, 0.25) is 0 Å². The smallest absolute Gasteiger partial charge is 0.163 e. The van der Waals surface area contributed by atoms with Crippen molar-refractivity contribution in [1.29, 1.82) is 0 Å². The Labute approximate surface area is 103 Å². The Bertz CT molecular complexity index is 567. The summed E-state index contributed by atoms with van der Waals surface area (Å²) in [7, 11) is 0. The van der Waals surface area contributed by atoms with Gasteiger partial charge in [0.1, 0.15) is 5.82 Å². The molecule has 2 rings (SSSR count). The summed E-state index contributed by atoms with van der Waals surface area (Å²) in [5.74, 6) is -2.05. The maximum Gasteiger partial charge on any atom is 0.163 e. The predicted molar refractivity (Wildman–Crippen MR) is 64.8 cm³/mol. The van der Waals surface area contributed by atoms with Crippen LogP contribution in [0.25, 0.3) is 0 Å². The summed E-state index contributed by atoms with van der Waals surface area (Å²) in [6.07, 6.45) is 0. The number of nitrogens with one attached hydrogen (secondary N) is 1. The predicted octanol–water partition coefficient (Wildman–Crippen LogP) is 4.02. The molecule has 1 nitrogen and oxygen atoms in total. The highest BCUT2D eigenvalue weighted by molar-refractivity contribution is 5.50. The van der Waals surface area contributed by atoms with Gasteiger partial charge in [-0.05, 0) is 36.8 Å². The van der Waals surface area contributed by atoms with Crippen LogP contribution in [0.4, 0.5) is 18.9 Å². The van der Waals surface area contributed by atoms with Crippen molar-refractivity contribution < 1.29 is 13.2 Å². The molecule has 0 atom stereocenters. The number of rotatable bonds is 3. The van der Waals surface area contributed by atoms with E-state index in [1.807, 2.05) is 0 Å². The van der Waals surface area contributed by atoms with E-state index in [4.69, 9.17) is 0 Å². The molecule has 0 aliphatic heterocycles. The van der Waals surface area contributed by atoms with Gasteiger partial charge in [-0.25, -0.2) is 13.2 Å². The van der Waals surface area contributed by atoms with E-state index in [1.54, 1.807) is 13.0 Å². The average Bonchev–Trinajstić information content (AvgIpc) is 2.33. The molecule has 1 N–H and O–H groups in total. The summed E-state index contributed by atoms with van der Waals surface area (Å²) in [6, 6.07) is 8.29. The molecule has 0 amide bonds. The number of hydrogen-bond acceptors (Lipinski definition) is 1. The Morgan fingerprint density at radius 1 is 1.06 bits per heavy atom. The maximum atomic E-state index is 13.4. The SMILES string of the molecule is Cc1cc(F)ccc1NCc1cccc(F)c1F. The van der Waals surface area contributed by atoms with Crippen molar-refractivity contribution in [2.24, 2.45) is 0 Å². The minimum absolute atomic E-state index is 0.149. The molecule has 0 radical (unpaired) electrons. The Hall–Kier alpha value is -1.97. The van der Waals surface area contributed by atoms with Crippen molar-refractivity contribution in [3.05, 3.63) is 65.0 Å². The zero-order chi connectivity index (χ0) is 13.1. The number of anilines is 1. The van der Waals surface area contributed by atoms with Crippen molar-refractivity contribution in [3.8, 4) is 0 Å². The van der Waals surface area contributed by atoms with E-state index in [-0.39, 0.29) is 17.9 Å². The lowest BCUT2D eigenvalue weighted by Gasteiger charge is -2.10. The second-order valence-electron chi connectivity index (χ2n) is 4.03. The van der Waals surface area contributed by atoms with Gasteiger partial charge in [-0.3, -0.25) is 0 Å². The van der Waals surface area contributed by atoms with Gasteiger partial charge in [0.05, 0.1) is 0 Å². The van der Waals surface area contributed by atoms with Crippen molar-refractivity contribution in [3.63, 3.8) is 0 Å². The third-order valence-electron chi connectivity index (χ3n) is 2.69. The van der Waals surface area contributed by atoms with Crippen molar-refractivity contribution in [1.82, 2.24) is 0 Å². The van der Waals surface area contributed by atoms with Crippen molar-refractivity contribution in [2.45, 2.75) is 13.5 Å². The summed E-state index contributed by atoms with van der Waals surface area (Å²) < 4.78 is 39.3. The number of halogens is 3. The average molecular weight is 251 g/mol. The minimum atomic E-state index is -0.870. The van der Waals surface area contributed by atoms with Gasteiger partial charge in [0.2, 0.25) is 0 Å². The van der Waals surface area contributed by atoms with Crippen molar-refractivity contribution >= 4 is 5.69 Å². The molecule has 0 unspecified atom stereocenters. The van der Waals surface area contributed by atoms with Gasteiger partial charge in [-0.1, -0.05) is 12.1 Å². The molecule has 18 heavy (non-hydrogen) atoms. The molecular weight excluding hydrogens is 239 g/mol. The lowest BCUT2D eigenvalue weighted by Crippen LogP contribution is -2.04. The van der Waals surface area contributed by atoms with Crippen LogP contribution in [-0.2, 0) is 6.54 Å². The highest BCUT2D eigenvalue weighted by atomic mass is 19.2. The summed E-state index contributed by atoms with van der Waals surface area (Å²) >= 11 is 0. The van der Waals surface area contributed by atoms with Gasteiger partial charge >= 0.3 is 0 Å². The summed E-state index contributed by atoms with van der Waals surface area (Å²) in [4.78, 5) is 0. The number of aryl methyl sites for hydroxylation is 1. The van der Waals surface area contributed by atoms with Gasteiger partial charge < -0.3 is 5.32 Å². The van der Waals surface area contributed by atoms with E-state index >= 15 is 0 Å². The second-order valence-corrected chi connectivity index (χ2v) is 4.03. The van der Waals surface area contributed by atoms with Crippen LogP contribution in [0.3, 0.4) is 0 Å². The molecule has 0 spiro atoms. The zero-order valence-electron chi connectivity index (χ0n) is 9.81. The lowest BCUT2D eigenvalue weighted by molar-refractivity contribution is 0.500. The van der Waals surface area contributed by atoms with Gasteiger partial charge in [0.25, 0.3) is 0 Å². The highest BCUT2D eigenvalue weighted by Crippen LogP contribution is 2.18. The molecule has 94 valence electrons. The molecular formula is C14H12F3N. The third-order valence-corrected chi connectivity index (χ3v) is 2.69. The number of hydrogen-bond donors (Lipinski definition) is 1. The van der Waals surface area contributed by atoms with Crippen LogP contribution in [0.5, 0.6) is 0 Å². The summed E-state index contributed by atoms with van der Waals surface area (Å²) in [6.45, 7) is 1.89. The molecule has 2 aromatic carbocycles. The largest absolute Gasteiger partial charge is 0.381 e. The molecule has 0 saturated heterocycles. The molecule has 0 aliphatic carbocycles. The van der Waals surface area contributed by atoms with Crippen LogP contribution >= 0.6 is 0 Å². The van der Waals surface area contributed by atoms with Gasteiger partial charge in [-0.15, -0.1) is 0 Å². The second kappa shape index (κ2) is 5.12. The van der Waals surface area contributed by atoms with E-state index in [1.165, 1.54) is 24.3 Å². The minimum Gasteiger partial charge on any atom is -0.381 e.